The zero-order chi connectivity index (χ0) is 24.1. The van der Waals surface area contributed by atoms with Crippen LogP contribution in [0.3, 0.4) is 0 Å². The molecule has 7 nitrogen and oxygen atoms in total. The highest BCUT2D eigenvalue weighted by atomic mass is 16.1. The van der Waals surface area contributed by atoms with E-state index < -0.39 is 0 Å². The van der Waals surface area contributed by atoms with E-state index in [-0.39, 0.29) is 5.92 Å². The number of nitrogens with zero attached hydrogens (tertiary/aromatic N) is 4. The first-order valence-corrected chi connectivity index (χ1v) is 12.1. The maximum atomic E-state index is 10.6. The van der Waals surface area contributed by atoms with Crippen molar-refractivity contribution in [2.75, 3.05) is 39.0 Å². The Bertz CT molecular complexity index is 810. The normalized spacial score (nSPS) is 17.8. The van der Waals surface area contributed by atoms with Gasteiger partial charge in [0.1, 0.15) is 6.29 Å². The summed E-state index contributed by atoms with van der Waals surface area (Å²) in [7, 11) is 2.16. The van der Waals surface area contributed by atoms with Crippen LogP contribution in [0.2, 0.25) is 0 Å². The van der Waals surface area contributed by atoms with E-state index in [0.29, 0.717) is 11.9 Å². The van der Waals surface area contributed by atoms with Crippen molar-refractivity contribution in [2.24, 2.45) is 11.8 Å². The van der Waals surface area contributed by atoms with Crippen LogP contribution >= 0.6 is 0 Å². The van der Waals surface area contributed by atoms with Gasteiger partial charge in [0, 0.05) is 42.0 Å². The van der Waals surface area contributed by atoms with Crippen LogP contribution in [0, 0.1) is 17.2 Å². The monoisotopic (exact) mass is 452 g/mol. The lowest BCUT2D eigenvalue weighted by Gasteiger charge is -2.29. The van der Waals surface area contributed by atoms with Crippen molar-refractivity contribution in [1.82, 2.24) is 19.8 Å². The molecule has 0 atom stereocenters. The molecule has 0 amide bonds. The maximum Gasteiger partial charge on any atom is 0.219 e. The van der Waals surface area contributed by atoms with Crippen molar-refractivity contribution < 1.29 is 4.79 Å². The number of aromatic nitrogens is 2. The second kappa shape index (κ2) is 14.5. The molecule has 0 aliphatic carbocycles. The minimum Gasteiger partial charge on any atom is -0.368 e. The minimum absolute atomic E-state index is 0.249. The summed E-state index contributed by atoms with van der Waals surface area (Å²) in [4.78, 5) is 23.2. The smallest absolute Gasteiger partial charge is 0.219 e. The lowest BCUT2D eigenvalue weighted by molar-refractivity contribution is -0.112. The number of carbonyl (C=O) groups excluding carboxylic acids is 1. The molecule has 4 rings (SSSR count). The van der Waals surface area contributed by atoms with E-state index >= 15 is 0 Å². The van der Waals surface area contributed by atoms with Crippen LogP contribution in [0.4, 0.5) is 5.95 Å². The lowest BCUT2D eigenvalue weighted by atomic mass is 9.88. The summed E-state index contributed by atoms with van der Waals surface area (Å²) in [6.07, 6.45) is 8.76. The predicted molar refractivity (Wildman–Crippen MR) is 135 cm³/mol. The Morgan fingerprint density at radius 3 is 2.15 bits per heavy atom. The standard InChI is InChI=1S/C13H18N2.C11H16N4O.C2H6/c1-15-9-7-12(8-10-15)13(14)11-5-3-2-4-6-11;12-11-13-5-10(6-14-11)7-15-3-1-9(8-16)2-4-15;1-2/h2-6,12,14H,7-10H2,1H3;5-6,8-9H,1-4,7H2,(H2,12,13,14);1-2H3. The molecule has 2 fully saturated rings. The Hall–Kier alpha value is -2.64. The fraction of sp³-hybridized carbons (Fsp3) is 0.538. The Morgan fingerprint density at radius 2 is 1.61 bits per heavy atom. The molecule has 3 heterocycles. The third-order valence-corrected chi connectivity index (χ3v) is 6.17. The van der Waals surface area contributed by atoms with Crippen LogP contribution in [0.1, 0.15) is 50.7 Å². The number of hydrogen-bond acceptors (Lipinski definition) is 7. The number of likely N-dealkylation sites (tertiary alicyclic amines) is 2. The van der Waals surface area contributed by atoms with Crippen molar-refractivity contribution in [2.45, 2.75) is 46.1 Å². The van der Waals surface area contributed by atoms with Crippen molar-refractivity contribution in [3.63, 3.8) is 0 Å². The van der Waals surface area contributed by atoms with Crippen LogP contribution < -0.4 is 5.73 Å². The van der Waals surface area contributed by atoms with Crippen LogP contribution in [0.25, 0.3) is 0 Å². The molecular formula is C26H40N6O. The Morgan fingerprint density at radius 1 is 1.03 bits per heavy atom. The van der Waals surface area contributed by atoms with Gasteiger partial charge in [0.05, 0.1) is 0 Å². The highest BCUT2D eigenvalue weighted by Crippen LogP contribution is 2.20. The molecule has 0 bridgehead atoms. The summed E-state index contributed by atoms with van der Waals surface area (Å²) in [5.74, 6) is 1.02. The molecule has 2 saturated heterocycles. The maximum absolute atomic E-state index is 10.6. The minimum atomic E-state index is 0.249. The van der Waals surface area contributed by atoms with E-state index in [1.807, 2.05) is 44.2 Å². The third kappa shape index (κ3) is 9.02. The largest absolute Gasteiger partial charge is 0.368 e. The third-order valence-electron chi connectivity index (χ3n) is 6.17. The molecule has 1 aromatic carbocycles. The van der Waals surface area contributed by atoms with Gasteiger partial charge < -0.3 is 20.8 Å². The van der Waals surface area contributed by atoms with Crippen molar-refractivity contribution in [3.8, 4) is 0 Å². The second-order valence-corrected chi connectivity index (χ2v) is 8.56. The fourth-order valence-electron chi connectivity index (χ4n) is 4.10. The van der Waals surface area contributed by atoms with Gasteiger partial charge in [0.25, 0.3) is 0 Å². The quantitative estimate of drug-likeness (QED) is 0.527. The molecule has 2 aromatic rings. The summed E-state index contributed by atoms with van der Waals surface area (Å²) in [5.41, 5.74) is 8.40. The SMILES string of the molecule is CC.CN1CCC(C(=N)c2ccccc2)CC1.Nc1ncc(CN2CCC(C=O)CC2)cn1. The van der Waals surface area contributed by atoms with Gasteiger partial charge in [-0.1, -0.05) is 44.2 Å². The molecule has 3 N–H and O–H groups in total. The summed E-state index contributed by atoms with van der Waals surface area (Å²) in [6, 6.07) is 10.1. The van der Waals surface area contributed by atoms with Crippen LogP contribution in [-0.2, 0) is 11.3 Å². The molecule has 2 aliphatic heterocycles. The predicted octanol–water partition coefficient (Wildman–Crippen LogP) is 3.89. The molecule has 0 radical (unpaired) electrons. The van der Waals surface area contributed by atoms with Gasteiger partial charge in [0.15, 0.2) is 0 Å². The number of rotatable bonds is 5. The second-order valence-electron chi connectivity index (χ2n) is 8.56. The number of piperidine rings is 2. The van der Waals surface area contributed by atoms with Gasteiger partial charge in [-0.15, -0.1) is 0 Å². The molecule has 33 heavy (non-hydrogen) atoms. The fourth-order valence-corrected chi connectivity index (χ4v) is 4.10. The van der Waals surface area contributed by atoms with E-state index in [1.54, 1.807) is 12.4 Å². The van der Waals surface area contributed by atoms with E-state index in [1.165, 1.54) is 0 Å². The zero-order valence-corrected chi connectivity index (χ0v) is 20.4. The Kier molecular flexibility index (Phi) is 11.7. The van der Waals surface area contributed by atoms with E-state index in [2.05, 4.69) is 26.8 Å². The summed E-state index contributed by atoms with van der Waals surface area (Å²) < 4.78 is 0. The number of anilines is 1. The van der Waals surface area contributed by atoms with Crippen LogP contribution in [-0.4, -0.2) is 65.0 Å². The number of aldehydes is 1. The summed E-state index contributed by atoms with van der Waals surface area (Å²) in [6.45, 7) is 9.02. The Labute approximate surface area is 198 Å². The first-order valence-electron chi connectivity index (χ1n) is 12.1. The molecule has 0 unspecified atom stereocenters. The first-order chi connectivity index (χ1) is 16.0. The van der Waals surface area contributed by atoms with Gasteiger partial charge in [-0.25, -0.2) is 9.97 Å². The van der Waals surface area contributed by atoms with E-state index in [0.717, 1.165) is 81.5 Å². The molecular weight excluding hydrogens is 412 g/mol. The molecule has 1 aromatic heterocycles. The lowest BCUT2D eigenvalue weighted by Crippen LogP contribution is -2.33. The van der Waals surface area contributed by atoms with Crippen molar-refractivity contribution in [3.05, 3.63) is 53.9 Å². The zero-order valence-electron chi connectivity index (χ0n) is 20.4. The average Bonchev–Trinajstić information content (AvgIpc) is 2.88. The van der Waals surface area contributed by atoms with E-state index in [9.17, 15) is 4.79 Å². The highest BCUT2D eigenvalue weighted by Gasteiger charge is 2.21. The van der Waals surface area contributed by atoms with Gasteiger partial charge >= 0.3 is 0 Å². The number of nitrogens with one attached hydrogen (secondary N) is 1. The van der Waals surface area contributed by atoms with Gasteiger partial charge in [-0.2, -0.15) is 0 Å². The van der Waals surface area contributed by atoms with Gasteiger partial charge in [-0.3, -0.25) is 4.90 Å². The molecule has 0 spiro atoms. The molecule has 180 valence electrons. The summed E-state index contributed by atoms with van der Waals surface area (Å²) in [5, 5.41) is 8.17. The topological polar surface area (TPSA) is 99.2 Å². The van der Waals surface area contributed by atoms with Crippen LogP contribution in [0.5, 0.6) is 0 Å². The van der Waals surface area contributed by atoms with Crippen molar-refractivity contribution in [1.29, 1.82) is 5.41 Å². The summed E-state index contributed by atoms with van der Waals surface area (Å²) >= 11 is 0. The Balaban J connectivity index is 0.000000218. The number of nitrogen functional groups attached to an aromatic ring is 1. The molecule has 2 aliphatic rings. The number of nitrogens with two attached hydrogens (primary N) is 1. The first kappa shape index (κ1) is 26.6. The average molecular weight is 453 g/mol. The molecule has 0 saturated carbocycles. The van der Waals surface area contributed by atoms with Gasteiger partial charge in [0.2, 0.25) is 5.95 Å². The number of hydrogen-bond donors (Lipinski definition) is 2. The molecule has 7 heteroatoms. The number of carbonyl (C=O) groups is 1. The van der Waals surface area contributed by atoms with Gasteiger partial charge in [-0.05, 0) is 64.5 Å². The highest BCUT2D eigenvalue weighted by molar-refractivity contribution is 5.99. The van der Waals surface area contributed by atoms with Crippen molar-refractivity contribution >= 4 is 17.9 Å². The van der Waals surface area contributed by atoms with E-state index in [4.69, 9.17) is 11.1 Å². The number of benzene rings is 1. The van der Waals surface area contributed by atoms with Crippen LogP contribution in [0.15, 0.2) is 42.7 Å².